The van der Waals surface area contributed by atoms with Gasteiger partial charge < -0.3 is 14.8 Å². The van der Waals surface area contributed by atoms with Gasteiger partial charge in [-0.2, -0.15) is 0 Å². The number of thioether (sulfide) groups is 1. The number of amides is 1. The molecule has 0 saturated carbocycles. The summed E-state index contributed by atoms with van der Waals surface area (Å²) in [6, 6.07) is 7.88. The lowest BCUT2D eigenvalue weighted by Crippen LogP contribution is -2.35. The Balaban J connectivity index is 2.25. The van der Waals surface area contributed by atoms with Gasteiger partial charge >= 0.3 is 0 Å². The van der Waals surface area contributed by atoms with Crippen LogP contribution in [0.1, 0.15) is 29.8 Å². The first-order valence-corrected chi connectivity index (χ1v) is 7.16. The normalized spacial score (nSPS) is 22.8. The number of benzene rings is 1. The van der Waals surface area contributed by atoms with E-state index in [0.29, 0.717) is 0 Å². The summed E-state index contributed by atoms with van der Waals surface area (Å²) in [4.78, 5) is 24.3. The van der Waals surface area contributed by atoms with E-state index in [1.54, 1.807) is 16.7 Å². The van der Waals surface area contributed by atoms with Gasteiger partial charge in [-0.1, -0.05) is 24.3 Å². The van der Waals surface area contributed by atoms with Crippen LogP contribution in [0.25, 0.3) is 0 Å². The van der Waals surface area contributed by atoms with Gasteiger partial charge in [-0.15, -0.1) is 11.8 Å². The molecule has 2 rings (SSSR count). The summed E-state index contributed by atoms with van der Waals surface area (Å²) in [7, 11) is 0. The van der Waals surface area contributed by atoms with Crippen molar-refractivity contribution in [3.8, 4) is 0 Å². The summed E-state index contributed by atoms with van der Waals surface area (Å²) in [5.74, 6) is -1.12. The molecule has 4 nitrogen and oxygen atoms in total. The first kappa shape index (κ1) is 13.9. The standard InChI is InChI=1S/C14H17NO3S/c1-9-5-3-4-6-11(9)14-15(8-7-12(16)17)13(18)10(2)19-14/h3-6,10,14H,7-8H2,1-2H3,(H,16,17)/p-1/t10-,14+/m1/s1. The number of carbonyl (C=O) groups excluding carboxylic acids is 2. The second-order valence-electron chi connectivity index (χ2n) is 4.64. The molecule has 0 spiro atoms. The van der Waals surface area contributed by atoms with Crippen LogP contribution in [0.15, 0.2) is 24.3 Å². The molecule has 0 aliphatic carbocycles. The topological polar surface area (TPSA) is 60.4 Å². The summed E-state index contributed by atoms with van der Waals surface area (Å²) in [6.45, 7) is 4.06. The lowest BCUT2D eigenvalue weighted by atomic mass is 10.1. The number of aryl methyl sites for hydroxylation is 1. The fraction of sp³-hybridized carbons (Fsp3) is 0.429. The fourth-order valence-electron chi connectivity index (χ4n) is 2.22. The molecule has 1 amide bonds. The molecule has 1 aromatic rings. The molecule has 1 heterocycles. The van der Waals surface area contributed by atoms with E-state index in [0.717, 1.165) is 11.1 Å². The van der Waals surface area contributed by atoms with E-state index in [9.17, 15) is 14.7 Å². The number of hydrogen-bond donors (Lipinski definition) is 0. The van der Waals surface area contributed by atoms with Crippen molar-refractivity contribution in [2.45, 2.75) is 30.9 Å². The number of nitrogens with zero attached hydrogens (tertiary/aromatic N) is 1. The van der Waals surface area contributed by atoms with E-state index >= 15 is 0 Å². The third kappa shape index (κ3) is 2.92. The minimum atomic E-state index is -1.12. The van der Waals surface area contributed by atoms with Gasteiger partial charge in [0, 0.05) is 18.9 Å². The minimum absolute atomic E-state index is 0.000460. The molecule has 1 aromatic carbocycles. The van der Waals surface area contributed by atoms with E-state index in [4.69, 9.17) is 0 Å². The van der Waals surface area contributed by atoms with E-state index in [1.165, 1.54) is 0 Å². The quantitative estimate of drug-likeness (QED) is 0.827. The van der Waals surface area contributed by atoms with Crippen LogP contribution < -0.4 is 5.11 Å². The van der Waals surface area contributed by atoms with Crippen molar-refractivity contribution in [3.05, 3.63) is 35.4 Å². The summed E-state index contributed by atoms with van der Waals surface area (Å²) in [5.41, 5.74) is 2.18. The third-order valence-electron chi connectivity index (χ3n) is 3.26. The van der Waals surface area contributed by atoms with Crippen LogP contribution in [0.5, 0.6) is 0 Å². The molecule has 19 heavy (non-hydrogen) atoms. The Labute approximate surface area is 116 Å². The minimum Gasteiger partial charge on any atom is -0.550 e. The number of rotatable bonds is 4. The number of carboxylic acids is 1. The van der Waals surface area contributed by atoms with Crippen LogP contribution in [0, 0.1) is 6.92 Å². The number of hydrogen-bond acceptors (Lipinski definition) is 4. The molecule has 1 aliphatic rings. The van der Waals surface area contributed by atoms with Crippen molar-refractivity contribution < 1.29 is 14.7 Å². The smallest absolute Gasteiger partial charge is 0.236 e. The van der Waals surface area contributed by atoms with Gasteiger partial charge in [-0.05, 0) is 25.0 Å². The SMILES string of the molecule is Cc1ccccc1[C@@H]1S[C@H](C)C(=O)N1CCC(=O)[O-]. The molecule has 0 N–H and O–H groups in total. The zero-order valence-electron chi connectivity index (χ0n) is 11.0. The van der Waals surface area contributed by atoms with Crippen molar-refractivity contribution >= 4 is 23.6 Å². The molecule has 0 unspecified atom stereocenters. The highest BCUT2D eigenvalue weighted by Crippen LogP contribution is 2.43. The van der Waals surface area contributed by atoms with Gasteiger partial charge in [0.15, 0.2) is 0 Å². The molecule has 2 atom stereocenters. The van der Waals surface area contributed by atoms with E-state index in [-0.39, 0.29) is 29.5 Å². The van der Waals surface area contributed by atoms with Crippen LogP contribution in [0.2, 0.25) is 0 Å². The van der Waals surface area contributed by atoms with Crippen molar-refractivity contribution in [2.75, 3.05) is 6.54 Å². The van der Waals surface area contributed by atoms with E-state index in [1.807, 2.05) is 38.1 Å². The Morgan fingerprint density at radius 2 is 2.11 bits per heavy atom. The Bertz CT molecular complexity index is 503. The Kier molecular flexibility index (Phi) is 4.14. The molecular formula is C14H16NO3S-. The summed E-state index contributed by atoms with van der Waals surface area (Å²) >= 11 is 1.56. The molecule has 1 aliphatic heterocycles. The Hall–Kier alpha value is -1.49. The van der Waals surface area contributed by atoms with Gasteiger partial charge in [0.25, 0.3) is 0 Å². The van der Waals surface area contributed by atoms with Crippen LogP contribution in [0.4, 0.5) is 0 Å². The second kappa shape index (κ2) is 5.65. The average molecular weight is 278 g/mol. The van der Waals surface area contributed by atoms with Crippen molar-refractivity contribution in [1.29, 1.82) is 0 Å². The molecule has 0 aromatic heterocycles. The van der Waals surface area contributed by atoms with Crippen LogP contribution >= 0.6 is 11.8 Å². The van der Waals surface area contributed by atoms with Crippen molar-refractivity contribution in [1.82, 2.24) is 4.90 Å². The highest BCUT2D eigenvalue weighted by molar-refractivity contribution is 8.01. The fourth-order valence-corrected chi connectivity index (χ4v) is 3.62. The first-order valence-electron chi connectivity index (χ1n) is 6.22. The van der Waals surface area contributed by atoms with Crippen molar-refractivity contribution in [3.63, 3.8) is 0 Å². The maximum Gasteiger partial charge on any atom is 0.236 e. The highest BCUT2D eigenvalue weighted by atomic mass is 32.2. The molecule has 102 valence electrons. The van der Waals surface area contributed by atoms with E-state index < -0.39 is 5.97 Å². The number of aliphatic carboxylic acids is 1. The predicted octanol–water partition coefficient (Wildman–Crippen LogP) is 1.10. The summed E-state index contributed by atoms with van der Waals surface area (Å²) in [5, 5.41) is 10.4. The zero-order valence-corrected chi connectivity index (χ0v) is 11.8. The zero-order chi connectivity index (χ0) is 14.0. The van der Waals surface area contributed by atoms with Crippen LogP contribution in [0.3, 0.4) is 0 Å². The molecular weight excluding hydrogens is 262 g/mol. The van der Waals surface area contributed by atoms with Gasteiger partial charge in [0.2, 0.25) is 5.91 Å². The molecule has 0 bridgehead atoms. The monoisotopic (exact) mass is 278 g/mol. The van der Waals surface area contributed by atoms with Gasteiger partial charge in [0.05, 0.1) is 5.25 Å². The molecule has 1 fully saturated rings. The Morgan fingerprint density at radius 3 is 2.74 bits per heavy atom. The highest BCUT2D eigenvalue weighted by Gasteiger charge is 2.38. The maximum atomic E-state index is 12.1. The lowest BCUT2D eigenvalue weighted by Gasteiger charge is -2.25. The number of carbonyl (C=O) groups is 2. The summed E-state index contributed by atoms with van der Waals surface area (Å²) in [6.07, 6.45) is -0.124. The molecule has 5 heteroatoms. The lowest BCUT2D eigenvalue weighted by molar-refractivity contribution is -0.305. The first-order chi connectivity index (χ1) is 9.00. The largest absolute Gasteiger partial charge is 0.550 e. The second-order valence-corrected chi connectivity index (χ2v) is 6.07. The van der Waals surface area contributed by atoms with Crippen LogP contribution in [-0.2, 0) is 9.59 Å². The number of carboxylic acid groups (broad SMARTS) is 1. The predicted molar refractivity (Wildman–Crippen MR) is 72.3 cm³/mol. The van der Waals surface area contributed by atoms with E-state index in [2.05, 4.69) is 0 Å². The van der Waals surface area contributed by atoms with Gasteiger partial charge in [-0.25, -0.2) is 0 Å². The van der Waals surface area contributed by atoms with Crippen LogP contribution in [-0.4, -0.2) is 28.6 Å². The molecule has 0 radical (unpaired) electrons. The average Bonchev–Trinajstić information content (AvgIpc) is 2.64. The molecule has 1 saturated heterocycles. The maximum absolute atomic E-state index is 12.1. The van der Waals surface area contributed by atoms with Crippen molar-refractivity contribution in [2.24, 2.45) is 0 Å². The Morgan fingerprint density at radius 1 is 1.42 bits per heavy atom. The summed E-state index contributed by atoms with van der Waals surface area (Å²) < 4.78 is 0. The third-order valence-corrected chi connectivity index (χ3v) is 4.63. The van der Waals surface area contributed by atoms with Gasteiger partial charge in [0.1, 0.15) is 5.37 Å². The van der Waals surface area contributed by atoms with Gasteiger partial charge in [-0.3, -0.25) is 4.79 Å².